The molecule has 0 saturated heterocycles. The van der Waals surface area contributed by atoms with Gasteiger partial charge in [0.2, 0.25) is 0 Å². The summed E-state index contributed by atoms with van der Waals surface area (Å²) in [4.78, 5) is 0. The van der Waals surface area contributed by atoms with E-state index in [1.807, 2.05) is 13.0 Å². The molecule has 18 heavy (non-hydrogen) atoms. The van der Waals surface area contributed by atoms with Gasteiger partial charge in [0.1, 0.15) is 5.25 Å². The van der Waals surface area contributed by atoms with Crippen molar-refractivity contribution in [1.29, 1.82) is 0 Å². The van der Waals surface area contributed by atoms with Gasteiger partial charge in [-0.1, -0.05) is 35.9 Å². The highest BCUT2D eigenvalue weighted by Gasteiger charge is 2.32. The fourth-order valence-corrected chi connectivity index (χ4v) is 5.77. The minimum atomic E-state index is -3.47. The summed E-state index contributed by atoms with van der Waals surface area (Å²) >= 11 is 0. The molecule has 0 N–H and O–H groups in total. The fraction of sp³-hybridized carbons (Fsp3) is 0.333. The van der Waals surface area contributed by atoms with E-state index < -0.39 is 24.9 Å². The number of benzene rings is 1. The molecule has 98 valence electrons. The maximum absolute atomic E-state index is 12.1. The second-order valence-electron chi connectivity index (χ2n) is 4.43. The number of sulfone groups is 2. The Balaban J connectivity index is 2.53. The van der Waals surface area contributed by atoms with E-state index in [0.29, 0.717) is 5.56 Å². The van der Waals surface area contributed by atoms with Crippen LogP contribution < -0.4 is 0 Å². The summed E-state index contributed by atoms with van der Waals surface area (Å²) < 4.78 is 47.5. The molecule has 0 radical (unpaired) electrons. The largest absolute Gasteiger partial charge is 0.228 e. The third-order valence-electron chi connectivity index (χ3n) is 2.86. The number of hydrogen-bond acceptors (Lipinski definition) is 4. The van der Waals surface area contributed by atoms with E-state index in [1.165, 1.54) is 6.08 Å². The van der Waals surface area contributed by atoms with Gasteiger partial charge in [-0.05, 0) is 12.5 Å². The average molecular weight is 286 g/mol. The fourth-order valence-electron chi connectivity index (χ4n) is 1.98. The predicted octanol–water partition coefficient (Wildman–Crippen LogP) is 1.39. The maximum Gasteiger partial charge on any atom is 0.172 e. The summed E-state index contributed by atoms with van der Waals surface area (Å²) in [7, 11) is -6.93. The van der Waals surface area contributed by atoms with Gasteiger partial charge in [0.15, 0.2) is 19.7 Å². The molecule has 0 aromatic heterocycles. The highest BCUT2D eigenvalue weighted by Crippen LogP contribution is 2.28. The smallest absolute Gasteiger partial charge is 0.172 e. The summed E-state index contributed by atoms with van der Waals surface area (Å²) in [6.07, 6.45) is 1.21. The van der Waals surface area contributed by atoms with Crippen LogP contribution in [0.15, 0.2) is 35.7 Å². The second-order valence-corrected chi connectivity index (χ2v) is 8.59. The highest BCUT2D eigenvalue weighted by molar-refractivity contribution is 7.97. The lowest BCUT2D eigenvalue weighted by Crippen LogP contribution is -2.21. The quantitative estimate of drug-likeness (QED) is 0.782. The summed E-state index contributed by atoms with van der Waals surface area (Å²) in [6, 6.07) is 6.98. The Morgan fingerprint density at radius 1 is 1.17 bits per heavy atom. The minimum absolute atomic E-state index is 0.231. The van der Waals surface area contributed by atoms with Crippen LogP contribution in [0.5, 0.6) is 0 Å². The lowest BCUT2D eigenvalue weighted by Gasteiger charge is -2.15. The molecule has 6 heteroatoms. The van der Waals surface area contributed by atoms with Crippen LogP contribution in [0.4, 0.5) is 0 Å². The third kappa shape index (κ3) is 2.81. The van der Waals surface area contributed by atoms with Gasteiger partial charge in [0, 0.05) is 5.41 Å². The van der Waals surface area contributed by atoms with Gasteiger partial charge in [-0.25, -0.2) is 16.8 Å². The van der Waals surface area contributed by atoms with E-state index in [0.717, 1.165) is 11.0 Å². The van der Waals surface area contributed by atoms with Crippen LogP contribution in [0.3, 0.4) is 0 Å². The molecule has 0 amide bonds. The first-order chi connectivity index (χ1) is 8.30. The van der Waals surface area contributed by atoms with Crippen molar-refractivity contribution in [3.63, 3.8) is 0 Å². The zero-order valence-corrected chi connectivity index (χ0v) is 11.5. The first-order valence-electron chi connectivity index (χ1n) is 5.48. The van der Waals surface area contributed by atoms with Crippen molar-refractivity contribution in [1.82, 2.24) is 0 Å². The van der Waals surface area contributed by atoms with E-state index in [1.54, 1.807) is 18.2 Å². The van der Waals surface area contributed by atoms with Crippen LogP contribution in [0.1, 0.15) is 16.4 Å². The van der Waals surface area contributed by atoms with Gasteiger partial charge in [-0.15, -0.1) is 0 Å². The summed E-state index contributed by atoms with van der Waals surface area (Å²) in [5, 5.41) is 0.0257. The van der Waals surface area contributed by atoms with E-state index >= 15 is 0 Å². The van der Waals surface area contributed by atoms with Crippen molar-refractivity contribution >= 4 is 19.7 Å². The Bertz CT molecular complexity index is 685. The molecular formula is C12H14O4S2. The number of aryl methyl sites for hydroxylation is 1. The van der Waals surface area contributed by atoms with E-state index in [9.17, 15) is 16.8 Å². The Kier molecular flexibility index (Phi) is 3.33. The van der Waals surface area contributed by atoms with Gasteiger partial charge in [0.05, 0.1) is 11.5 Å². The zero-order valence-electron chi connectivity index (χ0n) is 9.91. The lowest BCUT2D eigenvalue weighted by atomic mass is 10.1. The van der Waals surface area contributed by atoms with Crippen LogP contribution in [0.25, 0.3) is 0 Å². The molecule has 0 aliphatic carbocycles. The monoisotopic (exact) mass is 286 g/mol. The average Bonchev–Trinajstić information content (AvgIpc) is 2.35. The molecule has 0 saturated carbocycles. The molecule has 0 spiro atoms. The Morgan fingerprint density at radius 2 is 1.89 bits per heavy atom. The molecule has 1 unspecified atom stereocenters. The molecule has 4 nitrogen and oxygen atoms in total. The Labute approximate surface area is 107 Å². The van der Waals surface area contributed by atoms with Crippen LogP contribution in [-0.4, -0.2) is 28.3 Å². The summed E-state index contributed by atoms with van der Waals surface area (Å²) in [5.41, 5.74) is 1.46. The van der Waals surface area contributed by atoms with Crippen LogP contribution >= 0.6 is 0 Å². The molecule has 1 aromatic rings. The molecular weight excluding hydrogens is 272 g/mol. The molecule has 0 bridgehead atoms. The van der Waals surface area contributed by atoms with Crippen molar-refractivity contribution in [3.05, 3.63) is 46.9 Å². The normalized spacial score (nSPS) is 25.5. The van der Waals surface area contributed by atoms with Gasteiger partial charge < -0.3 is 0 Å². The maximum atomic E-state index is 12.1. The van der Waals surface area contributed by atoms with E-state index in [-0.39, 0.29) is 11.5 Å². The number of rotatable bonds is 1. The summed E-state index contributed by atoms with van der Waals surface area (Å²) in [6.45, 7) is 1.85. The topological polar surface area (TPSA) is 68.3 Å². The van der Waals surface area contributed by atoms with E-state index in [2.05, 4.69) is 0 Å². The zero-order chi connectivity index (χ0) is 13.4. The molecule has 2 rings (SSSR count). The van der Waals surface area contributed by atoms with Crippen molar-refractivity contribution in [3.8, 4) is 0 Å². The Morgan fingerprint density at radius 3 is 2.56 bits per heavy atom. The van der Waals surface area contributed by atoms with Gasteiger partial charge in [0.25, 0.3) is 0 Å². The van der Waals surface area contributed by atoms with Crippen LogP contribution in [0.2, 0.25) is 0 Å². The first kappa shape index (κ1) is 13.3. The van der Waals surface area contributed by atoms with E-state index in [4.69, 9.17) is 0 Å². The Hall–Kier alpha value is -1.14. The molecule has 1 aliphatic heterocycles. The SMILES string of the molecule is Cc1cccc(C2CS(=O)(=O)C=CCS2(=O)=O)c1. The lowest BCUT2D eigenvalue weighted by molar-refractivity contribution is 0.582. The van der Waals surface area contributed by atoms with Gasteiger partial charge in [-0.2, -0.15) is 0 Å². The molecule has 1 aliphatic rings. The van der Waals surface area contributed by atoms with Crippen LogP contribution in [0, 0.1) is 6.92 Å². The standard InChI is InChI=1S/C12H14O4S2/c1-10-4-2-5-11(8-10)12-9-17(13,14)6-3-7-18(12,15)16/h2-6,8,12H,7,9H2,1H3. The highest BCUT2D eigenvalue weighted by atomic mass is 32.2. The van der Waals surface area contributed by atoms with Gasteiger partial charge in [-0.3, -0.25) is 0 Å². The first-order valence-corrected chi connectivity index (χ1v) is 8.91. The van der Waals surface area contributed by atoms with Gasteiger partial charge >= 0.3 is 0 Å². The summed E-state index contributed by atoms with van der Waals surface area (Å²) in [5.74, 6) is -0.611. The third-order valence-corrected chi connectivity index (χ3v) is 6.44. The minimum Gasteiger partial charge on any atom is -0.228 e. The van der Waals surface area contributed by atoms with Crippen molar-refractivity contribution < 1.29 is 16.8 Å². The van der Waals surface area contributed by atoms with Crippen molar-refractivity contribution in [2.45, 2.75) is 12.2 Å². The van der Waals surface area contributed by atoms with Crippen molar-refractivity contribution in [2.24, 2.45) is 0 Å². The molecule has 1 aromatic carbocycles. The van der Waals surface area contributed by atoms with Crippen molar-refractivity contribution in [2.75, 3.05) is 11.5 Å². The molecule has 1 atom stereocenters. The predicted molar refractivity (Wildman–Crippen MR) is 70.6 cm³/mol. The molecule has 1 heterocycles. The second kappa shape index (κ2) is 4.51. The molecule has 0 fully saturated rings. The van der Waals surface area contributed by atoms with Crippen LogP contribution in [-0.2, 0) is 19.7 Å². The number of hydrogen-bond donors (Lipinski definition) is 0.